The molecule has 1 aliphatic rings. The SMILES string of the molecule is CC1(F)CC(NC(=O)c2ccoc2)C1. The van der Waals surface area contributed by atoms with Crippen molar-refractivity contribution in [3.8, 4) is 0 Å². The lowest BCUT2D eigenvalue weighted by molar-refractivity contribution is 0.0445. The largest absolute Gasteiger partial charge is 0.472 e. The van der Waals surface area contributed by atoms with E-state index in [9.17, 15) is 9.18 Å². The summed E-state index contributed by atoms with van der Waals surface area (Å²) in [7, 11) is 0. The van der Waals surface area contributed by atoms with Crippen molar-refractivity contribution in [1.82, 2.24) is 5.32 Å². The van der Waals surface area contributed by atoms with E-state index in [0.717, 1.165) is 0 Å². The van der Waals surface area contributed by atoms with Crippen LogP contribution in [0.15, 0.2) is 23.0 Å². The molecule has 0 aliphatic heterocycles. The van der Waals surface area contributed by atoms with Crippen LogP contribution in [0.4, 0.5) is 4.39 Å². The van der Waals surface area contributed by atoms with E-state index in [2.05, 4.69) is 5.32 Å². The zero-order valence-corrected chi connectivity index (χ0v) is 7.92. The zero-order valence-electron chi connectivity index (χ0n) is 7.92. The molecule has 76 valence electrons. The summed E-state index contributed by atoms with van der Waals surface area (Å²) in [4.78, 5) is 11.4. The summed E-state index contributed by atoms with van der Waals surface area (Å²) >= 11 is 0. The van der Waals surface area contributed by atoms with Crippen LogP contribution in [-0.2, 0) is 0 Å². The van der Waals surface area contributed by atoms with Crippen molar-refractivity contribution in [2.45, 2.75) is 31.5 Å². The molecule has 2 rings (SSSR count). The second-order valence-corrected chi connectivity index (χ2v) is 4.00. The van der Waals surface area contributed by atoms with Crippen LogP contribution >= 0.6 is 0 Å². The van der Waals surface area contributed by atoms with Gasteiger partial charge in [0.2, 0.25) is 0 Å². The fourth-order valence-corrected chi connectivity index (χ4v) is 1.73. The molecule has 0 bridgehead atoms. The molecule has 0 radical (unpaired) electrons. The molecular formula is C10H12FNO2. The maximum Gasteiger partial charge on any atom is 0.254 e. The molecule has 1 amide bonds. The maximum atomic E-state index is 13.1. The van der Waals surface area contributed by atoms with Crippen molar-refractivity contribution in [3.63, 3.8) is 0 Å². The third-order valence-electron chi connectivity index (χ3n) is 2.46. The Morgan fingerprint density at radius 3 is 2.93 bits per heavy atom. The van der Waals surface area contributed by atoms with Crippen LogP contribution < -0.4 is 5.32 Å². The summed E-state index contributed by atoms with van der Waals surface area (Å²) < 4.78 is 17.9. The van der Waals surface area contributed by atoms with Gasteiger partial charge in [-0.3, -0.25) is 4.79 Å². The molecule has 3 nitrogen and oxygen atoms in total. The minimum absolute atomic E-state index is 0.0348. The van der Waals surface area contributed by atoms with Gasteiger partial charge in [-0.05, 0) is 13.0 Å². The summed E-state index contributed by atoms with van der Waals surface area (Å²) in [6.07, 6.45) is 3.62. The Labute approximate surface area is 81.3 Å². The molecule has 1 fully saturated rings. The second kappa shape index (κ2) is 3.12. The van der Waals surface area contributed by atoms with E-state index in [1.807, 2.05) is 0 Å². The first-order valence-corrected chi connectivity index (χ1v) is 4.59. The van der Waals surface area contributed by atoms with E-state index in [-0.39, 0.29) is 11.9 Å². The number of nitrogens with one attached hydrogen (secondary N) is 1. The molecule has 0 spiro atoms. The fraction of sp³-hybridized carbons (Fsp3) is 0.500. The lowest BCUT2D eigenvalue weighted by Crippen LogP contribution is -2.51. The van der Waals surface area contributed by atoms with E-state index in [1.54, 1.807) is 13.0 Å². The first-order chi connectivity index (χ1) is 6.57. The van der Waals surface area contributed by atoms with Gasteiger partial charge in [-0.25, -0.2) is 4.39 Å². The van der Waals surface area contributed by atoms with Gasteiger partial charge in [0, 0.05) is 18.9 Å². The van der Waals surface area contributed by atoms with Crippen LogP contribution in [0.2, 0.25) is 0 Å². The molecule has 1 aromatic rings. The van der Waals surface area contributed by atoms with Crippen molar-refractivity contribution < 1.29 is 13.6 Å². The molecule has 1 N–H and O–H groups in total. The normalized spacial score (nSPS) is 30.9. The number of halogens is 1. The van der Waals surface area contributed by atoms with E-state index in [1.165, 1.54) is 12.5 Å². The number of hydrogen-bond acceptors (Lipinski definition) is 2. The van der Waals surface area contributed by atoms with Crippen LogP contribution in [0.3, 0.4) is 0 Å². The zero-order chi connectivity index (χ0) is 10.2. The highest BCUT2D eigenvalue weighted by Gasteiger charge is 2.41. The Balaban J connectivity index is 1.86. The molecule has 0 saturated heterocycles. The molecule has 0 atom stereocenters. The van der Waals surface area contributed by atoms with E-state index >= 15 is 0 Å². The first kappa shape index (κ1) is 9.24. The quantitative estimate of drug-likeness (QED) is 0.786. The molecular weight excluding hydrogens is 185 g/mol. The van der Waals surface area contributed by atoms with Crippen LogP contribution in [0, 0.1) is 0 Å². The number of furan rings is 1. The van der Waals surface area contributed by atoms with Gasteiger partial charge in [-0.15, -0.1) is 0 Å². The Hall–Kier alpha value is -1.32. The van der Waals surface area contributed by atoms with E-state index in [0.29, 0.717) is 18.4 Å². The Morgan fingerprint density at radius 2 is 2.43 bits per heavy atom. The Bertz CT molecular complexity index is 324. The molecule has 1 saturated carbocycles. The number of carbonyl (C=O) groups excluding carboxylic acids is 1. The van der Waals surface area contributed by atoms with Gasteiger partial charge in [-0.2, -0.15) is 0 Å². The third kappa shape index (κ3) is 1.78. The predicted molar refractivity (Wildman–Crippen MR) is 48.7 cm³/mol. The van der Waals surface area contributed by atoms with Crippen LogP contribution in [-0.4, -0.2) is 17.6 Å². The topological polar surface area (TPSA) is 42.2 Å². The first-order valence-electron chi connectivity index (χ1n) is 4.59. The van der Waals surface area contributed by atoms with Gasteiger partial charge < -0.3 is 9.73 Å². The van der Waals surface area contributed by atoms with Crippen molar-refractivity contribution in [2.75, 3.05) is 0 Å². The summed E-state index contributed by atoms with van der Waals surface area (Å²) in [6.45, 7) is 1.55. The highest BCUT2D eigenvalue weighted by atomic mass is 19.1. The molecule has 14 heavy (non-hydrogen) atoms. The molecule has 0 unspecified atom stereocenters. The van der Waals surface area contributed by atoms with Crippen molar-refractivity contribution >= 4 is 5.91 Å². The summed E-state index contributed by atoms with van der Waals surface area (Å²) in [5.74, 6) is -0.195. The predicted octanol–water partition coefficient (Wildman–Crippen LogP) is 1.90. The molecule has 1 aromatic heterocycles. The minimum atomic E-state index is -1.10. The van der Waals surface area contributed by atoms with E-state index < -0.39 is 5.67 Å². The smallest absolute Gasteiger partial charge is 0.254 e. The average Bonchev–Trinajstić information content (AvgIpc) is 2.51. The van der Waals surface area contributed by atoms with E-state index in [4.69, 9.17) is 4.42 Å². The molecule has 1 aliphatic carbocycles. The van der Waals surface area contributed by atoms with Gasteiger partial charge in [-0.1, -0.05) is 0 Å². The second-order valence-electron chi connectivity index (χ2n) is 4.00. The van der Waals surface area contributed by atoms with Gasteiger partial charge in [0.05, 0.1) is 11.8 Å². The van der Waals surface area contributed by atoms with Crippen molar-refractivity contribution in [3.05, 3.63) is 24.2 Å². The monoisotopic (exact) mass is 197 g/mol. The van der Waals surface area contributed by atoms with Crippen LogP contribution in [0.5, 0.6) is 0 Å². The maximum absolute atomic E-state index is 13.1. The molecule has 0 aromatic carbocycles. The number of amides is 1. The summed E-state index contributed by atoms with van der Waals surface area (Å²) in [5.41, 5.74) is -0.619. The third-order valence-corrected chi connectivity index (χ3v) is 2.46. The lowest BCUT2D eigenvalue weighted by Gasteiger charge is -2.38. The lowest BCUT2D eigenvalue weighted by atomic mass is 9.79. The average molecular weight is 197 g/mol. The van der Waals surface area contributed by atoms with Crippen molar-refractivity contribution in [1.29, 1.82) is 0 Å². The molecule has 1 heterocycles. The molecule has 4 heteroatoms. The van der Waals surface area contributed by atoms with Crippen LogP contribution in [0.25, 0.3) is 0 Å². The Kier molecular flexibility index (Phi) is 2.06. The number of hydrogen-bond donors (Lipinski definition) is 1. The van der Waals surface area contributed by atoms with Crippen LogP contribution in [0.1, 0.15) is 30.1 Å². The highest BCUT2D eigenvalue weighted by molar-refractivity contribution is 5.94. The number of alkyl halides is 1. The number of carbonyl (C=O) groups is 1. The fourth-order valence-electron chi connectivity index (χ4n) is 1.73. The van der Waals surface area contributed by atoms with Gasteiger partial charge in [0.1, 0.15) is 11.9 Å². The minimum Gasteiger partial charge on any atom is -0.472 e. The van der Waals surface area contributed by atoms with Crippen molar-refractivity contribution in [2.24, 2.45) is 0 Å². The number of rotatable bonds is 2. The van der Waals surface area contributed by atoms with Gasteiger partial charge >= 0.3 is 0 Å². The summed E-state index contributed by atoms with van der Waals surface area (Å²) in [5, 5.41) is 2.74. The standard InChI is InChI=1S/C10H12FNO2/c1-10(11)4-8(5-10)12-9(13)7-2-3-14-6-7/h2-3,6,8H,4-5H2,1H3,(H,12,13). The Morgan fingerprint density at radius 1 is 1.71 bits per heavy atom. The van der Waals surface area contributed by atoms with Gasteiger partial charge in [0.15, 0.2) is 0 Å². The van der Waals surface area contributed by atoms with Gasteiger partial charge in [0.25, 0.3) is 5.91 Å². The highest BCUT2D eigenvalue weighted by Crippen LogP contribution is 2.35. The summed E-state index contributed by atoms with van der Waals surface area (Å²) in [6, 6.07) is 1.55.